The van der Waals surface area contributed by atoms with Crippen molar-refractivity contribution in [2.24, 2.45) is 0 Å². The lowest BCUT2D eigenvalue weighted by Gasteiger charge is -2.26. The number of hydrogen-bond acceptors (Lipinski definition) is 6. The van der Waals surface area contributed by atoms with Crippen LogP contribution in [0.4, 0.5) is 0 Å². The third kappa shape index (κ3) is 5.17. The van der Waals surface area contributed by atoms with E-state index < -0.39 is 5.97 Å². The normalized spacial score (nSPS) is 16.2. The van der Waals surface area contributed by atoms with Crippen LogP contribution in [-0.2, 0) is 14.3 Å². The first-order valence-corrected chi connectivity index (χ1v) is 10.3. The maximum Gasteiger partial charge on any atom is 0.331 e. The summed E-state index contributed by atoms with van der Waals surface area (Å²) in [6.07, 6.45) is 4.75. The molecule has 3 rings (SSSR count). The fourth-order valence-corrected chi connectivity index (χ4v) is 4.23. The van der Waals surface area contributed by atoms with Gasteiger partial charge in [0, 0.05) is 27.9 Å². The quantitative estimate of drug-likeness (QED) is 0.505. The molecular formula is C22H25NO5S. The third-order valence-electron chi connectivity index (χ3n) is 4.85. The summed E-state index contributed by atoms with van der Waals surface area (Å²) in [7, 11) is 3.21. The molecule has 6 nitrogen and oxygen atoms in total. The average molecular weight is 416 g/mol. The number of aryl methyl sites for hydroxylation is 1. The molecule has 7 heteroatoms. The molecule has 1 amide bonds. The molecule has 1 atom stereocenters. The summed E-state index contributed by atoms with van der Waals surface area (Å²) in [6.45, 7) is 2.34. The van der Waals surface area contributed by atoms with Gasteiger partial charge in [0.25, 0.3) is 5.91 Å². The fourth-order valence-electron chi connectivity index (χ4n) is 3.45. The van der Waals surface area contributed by atoms with Gasteiger partial charge in [0.15, 0.2) is 6.61 Å². The molecule has 1 aliphatic heterocycles. The second kappa shape index (κ2) is 9.60. The Kier molecular flexibility index (Phi) is 6.93. The molecule has 1 aromatic carbocycles. The van der Waals surface area contributed by atoms with Crippen LogP contribution in [0.5, 0.6) is 11.5 Å². The van der Waals surface area contributed by atoms with E-state index in [0.29, 0.717) is 18.0 Å². The summed E-state index contributed by atoms with van der Waals surface area (Å²) in [4.78, 5) is 28.6. The van der Waals surface area contributed by atoms with Crippen molar-refractivity contribution < 1.29 is 23.8 Å². The van der Waals surface area contributed by atoms with Gasteiger partial charge in [0.05, 0.1) is 20.3 Å². The second-order valence-electron chi connectivity index (χ2n) is 6.74. The van der Waals surface area contributed by atoms with Gasteiger partial charge in [-0.05, 0) is 56.2 Å². The maximum atomic E-state index is 12.7. The van der Waals surface area contributed by atoms with Crippen LogP contribution in [0.15, 0.2) is 36.4 Å². The molecule has 1 fully saturated rings. The Morgan fingerprint density at radius 1 is 1.21 bits per heavy atom. The van der Waals surface area contributed by atoms with Crippen molar-refractivity contribution in [2.45, 2.75) is 25.8 Å². The van der Waals surface area contributed by atoms with Crippen LogP contribution in [-0.4, -0.2) is 44.1 Å². The van der Waals surface area contributed by atoms with Gasteiger partial charge in [-0.25, -0.2) is 4.79 Å². The van der Waals surface area contributed by atoms with Gasteiger partial charge in [-0.2, -0.15) is 0 Å². The van der Waals surface area contributed by atoms with Crippen LogP contribution >= 0.6 is 11.3 Å². The lowest BCUT2D eigenvalue weighted by atomic mass is 10.0. The molecule has 0 radical (unpaired) electrons. The summed E-state index contributed by atoms with van der Waals surface area (Å²) < 4.78 is 16.0. The van der Waals surface area contributed by atoms with Crippen molar-refractivity contribution in [1.29, 1.82) is 0 Å². The SMILES string of the molecule is COc1ccc(OC)c([C@@H]2CCCN2C(=O)COC(=O)/C=C/c2ccc(C)s2)c1. The van der Waals surface area contributed by atoms with E-state index in [1.54, 1.807) is 36.5 Å². The number of rotatable bonds is 7. The summed E-state index contributed by atoms with van der Waals surface area (Å²) >= 11 is 1.59. The number of amides is 1. The predicted molar refractivity (Wildman–Crippen MR) is 112 cm³/mol. The molecule has 2 heterocycles. The number of ether oxygens (including phenoxy) is 3. The van der Waals surface area contributed by atoms with Crippen LogP contribution in [0.3, 0.4) is 0 Å². The molecule has 1 saturated heterocycles. The Labute approximate surface area is 174 Å². The molecule has 154 valence electrons. The Morgan fingerprint density at radius 3 is 2.72 bits per heavy atom. The topological polar surface area (TPSA) is 65.1 Å². The number of esters is 1. The first-order valence-electron chi connectivity index (χ1n) is 9.44. The van der Waals surface area contributed by atoms with Crippen molar-refractivity contribution in [3.05, 3.63) is 51.7 Å². The van der Waals surface area contributed by atoms with Gasteiger partial charge in [-0.3, -0.25) is 4.79 Å². The van der Waals surface area contributed by atoms with Crippen LogP contribution in [0.2, 0.25) is 0 Å². The smallest absolute Gasteiger partial charge is 0.331 e. The largest absolute Gasteiger partial charge is 0.497 e. The van der Waals surface area contributed by atoms with E-state index in [4.69, 9.17) is 14.2 Å². The van der Waals surface area contributed by atoms with Gasteiger partial charge in [0.1, 0.15) is 11.5 Å². The summed E-state index contributed by atoms with van der Waals surface area (Å²) in [6, 6.07) is 9.35. The second-order valence-corrected chi connectivity index (χ2v) is 8.06. The maximum absolute atomic E-state index is 12.7. The summed E-state index contributed by atoms with van der Waals surface area (Å²) in [5, 5.41) is 0. The fraction of sp³-hybridized carbons (Fsp3) is 0.364. The number of thiophene rings is 1. The van der Waals surface area contributed by atoms with E-state index in [2.05, 4.69) is 0 Å². The minimum Gasteiger partial charge on any atom is -0.497 e. The number of benzene rings is 1. The van der Waals surface area contributed by atoms with Gasteiger partial charge in [0.2, 0.25) is 0 Å². The zero-order chi connectivity index (χ0) is 20.8. The Balaban J connectivity index is 1.63. The molecule has 0 N–H and O–H groups in total. The van der Waals surface area contributed by atoms with Crippen molar-refractivity contribution in [3.8, 4) is 11.5 Å². The number of methoxy groups -OCH3 is 2. The first-order chi connectivity index (χ1) is 14.0. The zero-order valence-electron chi connectivity index (χ0n) is 16.8. The lowest BCUT2D eigenvalue weighted by Crippen LogP contribution is -2.34. The van der Waals surface area contributed by atoms with Gasteiger partial charge >= 0.3 is 5.97 Å². The average Bonchev–Trinajstić information content (AvgIpc) is 3.39. The van der Waals surface area contributed by atoms with Crippen LogP contribution in [0, 0.1) is 6.92 Å². The van der Waals surface area contributed by atoms with E-state index in [1.807, 2.05) is 37.3 Å². The monoisotopic (exact) mass is 415 g/mol. The summed E-state index contributed by atoms with van der Waals surface area (Å²) in [5.41, 5.74) is 0.900. The van der Waals surface area contributed by atoms with Crippen molar-refractivity contribution in [2.75, 3.05) is 27.4 Å². The highest BCUT2D eigenvalue weighted by molar-refractivity contribution is 7.12. The lowest BCUT2D eigenvalue weighted by molar-refractivity contribution is -0.148. The Hall–Kier alpha value is -2.80. The van der Waals surface area contributed by atoms with Crippen LogP contribution in [0.1, 0.15) is 34.2 Å². The minimum atomic E-state index is -0.529. The molecule has 0 saturated carbocycles. The Bertz CT molecular complexity index is 904. The molecule has 2 aromatic rings. The minimum absolute atomic E-state index is 0.129. The van der Waals surface area contributed by atoms with Crippen LogP contribution in [0.25, 0.3) is 6.08 Å². The van der Waals surface area contributed by atoms with E-state index in [0.717, 1.165) is 23.3 Å². The number of carbonyl (C=O) groups excluding carboxylic acids is 2. The molecule has 1 aliphatic rings. The predicted octanol–water partition coefficient (Wildman–Crippen LogP) is 3.99. The third-order valence-corrected chi connectivity index (χ3v) is 5.82. The van der Waals surface area contributed by atoms with Gasteiger partial charge in [-0.1, -0.05) is 0 Å². The standard InChI is InChI=1S/C22H25NO5S/c1-15-6-8-17(29-15)9-11-22(25)28-14-21(24)23-12-4-5-19(23)18-13-16(26-2)7-10-20(18)27-3/h6-11,13,19H,4-5,12,14H2,1-3H3/b11-9+/t19-/m0/s1. The Morgan fingerprint density at radius 2 is 2.03 bits per heavy atom. The molecule has 0 aliphatic carbocycles. The zero-order valence-corrected chi connectivity index (χ0v) is 17.7. The number of hydrogen-bond donors (Lipinski definition) is 0. The number of likely N-dealkylation sites (tertiary alicyclic amines) is 1. The molecule has 0 bridgehead atoms. The molecule has 1 aromatic heterocycles. The van der Waals surface area contributed by atoms with E-state index in [9.17, 15) is 9.59 Å². The molecule has 0 unspecified atom stereocenters. The van der Waals surface area contributed by atoms with E-state index in [1.165, 1.54) is 11.0 Å². The summed E-state index contributed by atoms with van der Waals surface area (Å²) in [5.74, 6) is 0.673. The van der Waals surface area contributed by atoms with E-state index >= 15 is 0 Å². The highest BCUT2D eigenvalue weighted by atomic mass is 32.1. The van der Waals surface area contributed by atoms with E-state index in [-0.39, 0.29) is 18.6 Å². The molecule has 29 heavy (non-hydrogen) atoms. The van der Waals surface area contributed by atoms with Gasteiger partial charge in [-0.15, -0.1) is 11.3 Å². The molecular weight excluding hydrogens is 390 g/mol. The van der Waals surface area contributed by atoms with Gasteiger partial charge < -0.3 is 19.1 Å². The van der Waals surface area contributed by atoms with Crippen molar-refractivity contribution in [1.82, 2.24) is 4.90 Å². The van der Waals surface area contributed by atoms with Crippen molar-refractivity contribution >= 4 is 29.3 Å². The molecule has 0 spiro atoms. The first kappa shape index (κ1) is 20.9. The van der Waals surface area contributed by atoms with Crippen LogP contribution < -0.4 is 9.47 Å². The van der Waals surface area contributed by atoms with Crippen molar-refractivity contribution in [3.63, 3.8) is 0 Å². The number of nitrogens with zero attached hydrogens (tertiary/aromatic N) is 1. The highest BCUT2D eigenvalue weighted by Crippen LogP contribution is 2.38. The highest BCUT2D eigenvalue weighted by Gasteiger charge is 2.32. The number of carbonyl (C=O) groups is 2.